The number of halogens is 3. The number of nitrogens with zero attached hydrogens (tertiary/aromatic N) is 1. The fourth-order valence-corrected chi connectivity index (χ4v) is 4.52. The molecule has 1 N–H and O–H groups in total. The molecule has 3 rings (SSSR count). The third-order valence-corrected chi connectivity index (χ3v) is 6.35. The van der Waals surface area contributed by atoms with Gasteiger partial charge in [-0.25, -0.2) is 13.1 Å². The Bertz CT molecular complexity index is 1010. The quantitative estimate of drug-likeness (QED) is 0.725. The van der Waals surface area contributed by atoms with Crippen molar-refractivity contribution < 1.29 is 26.4 Å². The first-order valence-corrected chi connectivity index (χ1v) is 10.8. The first kappa shape index (κ1) is 22.0. The molecule has 0 saturated carbocycles. The number of piperidine rings is 1. The van der Waals surface area contributed by atoms with Crippen molar-refractivity contribution in [1.82, 2.24) is 9.62 Å². The molecule has 160 valence electrons. The van der Waals surface area contributed by atoms with Crippen LogP contribution in [0.2, 0.25) is 0 Å². The van der Waals surface area contributed by atoms with Crippen LogP contribution in [0, 0.1) is 0 Å². The van der Waals surface area contributed by atoms with E-state index in [4.69, 9.17) is 0 Å². The lowest BCUT2D eigenvalue weighted by atomic mass is 10.1. The Kier molecular flexibility index (Phi) is 6.62. The topological polar surface area (TPSA) is 66.5 Å². The highest BCUT2D eigenvalue weighted by molar-refractivity contribution is 7.89. The van der Waals surface area contributed by atoms with Crippen LogP contribution in [0.25, 0.3) is 6.08 Å². The standard InChI is InChI=1S/C21H21F3N2O3S/c22-21(23,24)17-6-4-5-16(15-17)9-10-20(27)26-13-11-18(12-14-26)25-30(28,29)19-7-2-1-3-8-19/h1-10,15,18,25H,11-14H2/b10-9+. The summed E-state index contributed by atoms with van der Waals surface area (Å²) >= 11 is 0. The highest BCUT2D eigenvalue weighted by atomic mass is 32.2. The van der Waals surface area contributed by atoms with Gasteiger partial charge in [0.25, 0.3) is 0 Å². The third-order valence-electron chi connectivity index (χ3n) is 4.81. The lowest BCUT2D eigenvalue weighted by Gasteiger charge is -2.31. The molecule has 0 unspecified atom stereocenters. The van der Waals surface area contributed by atoms with E-state index in [1.54, 1.807) is 23.1 Å². The Morgan fingerprint density at radius 2 is 1.70 bits per heavy atom. The van der Waals surface area contributed by atoms with Gasteiger partial charge in [-0.1, -0.05) is 30.3 Å². The normalized spacial score (nSPS) is 16.2. The van der Waals surface area contributed by atoms with Gasteiger partial charge in [-0.2, -0.15) is 13.2 Å². The Morgan fingerprint density at radius 3 is 2.33 bits per heavy atom. The molecule has 0 atom stereocenters. The maximum atomic E-state index is 12.8. The highest BCUT2D eigenvalue weighted by Crippen LogP contribution is 2.29. The Hall–Kier alpha value is -2.65. The van der Waals surface area contributed by atoms with Gasteiger partial charge in [0.05, 0.1) is 10.5 Å². The van der Waals surface area contributed by atoms with Crippen molar-refractivity contribution in [1.29, 1.82) is 0 Å². The molecule has 2 aromatic rings. The molecule has 9 heteroatoms. The van der Waals surface area contributed by atoms with Crippen molar-refractivity contribution in [2.24, 2.45) is 0 Å². The largest absolute Gasteiger partial charge is 0.416 e. The van der Waals surface area contributed by atoms with E-state index < -0.39 is 21.8 Å². The number of rotatable bonds is 5. The summed E-state index contributed by atoms with van der Waals surface area (Å²) in [6.45, 7) is 0.710. The summed E-state index contributed by atoms with van der Waals surface area (Å²) in [7, 11) is -3.62. The number of sulfonamides is 1. The van der Waals surface area contributed by atoms with Gasteiger partial charge in [-0.3, -0.25) is 4.79 Å². The predicted octanol–water partition coefficient (Wildman–Crippen LogP) is 3.69. The van der Waals surface area contributed by atoms with Crippen LogP contribution in [-0.4, -0.2) is 38.4 Å². The molecule has 0 aliphatic carbocycles. The monoisotopic (exact) mass is 438 g/mol. The molecule has 0 spiro atoms. The molecule has 1 heterocycles. The second-order valence-electron chi connectivity index (χ2n) is 6.99. The van der Waals surface area contributed by atoms with Gasteiger partial charge in [-0.15, -0.1) is 0 Å². The summed E-state index contributed by atoms with van der Waals surface area (Å²) < 4.78 is 65.8. The molecule has 1 amide bonds. The number of amides is 1. The molecule has 0 aromatic heterocycles. The third kappa shape index (κ3) is 5.70. The van der Waals surface area contributed by atoms with E-state index in [0.29, 0.717) is 25.9 Å². The number of alkyl halides is 3. The number of benzene rings is 2. The fourth-order valence-electron chi connectivity index (χ4n) is 3.20. The molecule has 0 radical (unpaired) electrons. The van der Waals surface area contributed by atoms with Crippen molar-refractivity contribution in [3.8, 4) is 0 Å². The Labute approximate surface area is 173 Å². The minimum atomic E-state index is -4.44. The van der Waals surface area contributed by atoms with E-state index in [9.17, 15) is 26.4 Å². The second-order valence-corrected chi connectivity index (χ2v) is 8.70. The van der Waals surface area contributed by atoms with E-state index in [2.05, 4.69) is 4.72 Å². The van der Waals surface area contributed by atoms with E-state index >= 15 is 0 Å². The summed E-state index contributed by atoms with van der Waals surface area (Å²) in [5, 5.41) is 0. The molecule has 2 aromatic carbocycles. The van der Waals surface area contributed by atoms with Crippen LogP contribution < -0.4 is 4.72 Å². The molecular weight excluding hydrogens is 417 g/mol. The molecule has 1 aliphatic heterocycles. The van der Waals surface area contributed by atoms with Gasteiger partial charge in [0.15, 0.2) is 0 Å². The Balaban J connectivity index is 1.55. The lowest BCUT2D eigenvalue weighted by Crippen LogP contribution is -2.46. The summed E-state index contributed by atoms with van der Waals surface area (Å²) in [4.78, 5) is 14.1. The van der Waals surface area contributed by atoms with Gasteiger partial charge in [0, 0.05) is 25.2 Å². The first-order valence-electron chi connectivity index (χ1n) is 9.37. The zero-order chi connectivity index (χ0) is 21.8. The van der Waals surface area contributed by atoms with Crippen LogP contribution in [0.4, 0.5) is 13.2 Å². The van der Waals surface area contributed by atoms with Crippen molar-refractivity contribution in [2.45, 2.75) is 30.0 Å². The smallest absolute Gasteiger partial charge is 0.339 e. The molecule has 30 heavy (non-hydrogen) atoms. The van der Waals surface area contributed by atoms with Gasteiger partial charge < -0.3 is 4.90 Å². The molecular formula is C21H21F3N2O3S. The second kappa shape index (κ2) is 9.01. The summed E-state index contributed by atoms with van der Waals surface area (Å²) in [5.74, 6) is -0.322. The average Bonchev–Trinajstić information content (AvgIpc) is 2.72. The molecule has 1 aliphatic rings. The molecule has 1 saturated heterocycles. The zero-order valence-electron chi connectivity index (χ0n) is 16.0. The zero-order valence-corrected chi connectivity index (χ0v) is 16.8. The van der Waals surface area contributed by atoms with Gasteiger partial charge in [0.1, 0.15) is 0 Å². The van der Waals surface area contributed by atoms with Crippen LogP contribution in [0.1, 0.15) is 24.0 Å². The van der Waals surface area contributed by atoms with Crippen LogP contribution >= 0.6 is 0 Å². The van der Waals surface area contributed by atoms with Crippen molar-refractivity contribution >= 4 is 22.0 Å². The van der Waals surface area contributed by atoms with E-state index in [1.807, 2.05) is 0 Å². The Morgan fingerprint density at radius 1 is 1.03 bits per heavy atom. The molecule has 5 nitrogen and oxygen atoms in total. The number of nitrogens with one attached hydrogen (secondary N) is 1. The summed E-state index contributed by atoms with van der Waals surface area (Å²) in [5.41, 5.74) is -0.493. The van der Waals surface area contributed by atoms with Crippen LogP contribution in [0.5, 0.6) is 0 Å². The van der Waals surface area contributed by atoms with Crippen LogP contribution in [-0.2, 0) is 21.0 Å². The van der Waals surface area contributed by atoms with Crippen molar-refractivity contribution in [2.75, 3.05) is 13.1 Å². The maximum absolute atomic E-state index is 12.8. The lowest BCUT2D eigenvalue weighted by molar-refractivity contribution is -0.137. The minimum absolute atomic E-state index is 0.188. The SMILES string of the molecule is O=C(/C=C/c1cccc(C(F)(F)F)c1)N1CCC(NS(=O)(=O)c2ccccc2)CC1. The first-order chi connectivity index (χ1) is 14.1. The van der Waals surface area contributed by atoms with Crippen molar-refractivity contribution in [3.63, 3.8) is 0 Å². The average molecular weight is 438 g/mol. The highest BCUT2D eigenvalue weighted by Gasteiger charge is 2.30. The summed E-state index contributed by atoms with van der Waals surface area (Å²) in [6.07, 6.45) is -0.945. The van der Waals surface area contributed by atoms with Gasteiger partial charge in [-0.05, 0) is 48.7 Å². The van der Waals surface area contributed by atoms with Gasteiger partial charge >= 0.3 is 6.18 Å². The van der Waals surface area contributed by atoms with E-state index in [0.717, 1.165) is 12.1 Å². The minimum Gasteiger partial charge on any atom is -0.339 e. The van der Waals surface area contributed by atoms with Crippen molar-refractivity contribution in [3.05, 3.63) is 71.8 Å². The fraction of sp³-hybridized carbons (Fsp3) is 0.286. The van der Waals surface area contributed by atoms with E-state index in [-0.39, 0.29) is 22.4 Å². The number of carbonyl (C=O) groups excluding carboxylic acids is 1. The van der Waals surface area contributed by atoms with Gasteiger partial charge in [0.2, 0.25) is 15.9 Å². The number of likely N-dealkylation sites (tertiary alicyclic amines) is 1. The number of carbonyl (C=O) groups is 1. The van der Waals surface area contributed by atoms with E-state index in [1.165, 1.54) is 36.4 Å². The predicted molar refractivity (Wildman–Crippen MR) is 107 cm³/mol. The molecule has 1 fully saturated rings. The summed E-state index contributed by atoms with van der Waals surface area (Å²) in [6, 6.07) is 12.5. The van der Waals surface area contributed by atoms with Crippen LogP contribution in [0.15, 0.2) is 65.6 Å². The maximum Gasteiger partial charge on any atom is 0.416 e. The number of hydrogen-bond donors (Lipinski definition) is 1. The number of hydrogen-bond acceptors (Lipinski definition) is 3. The molecule has 0 bridgehead atoms. The van der Waals surface area contributed by atoms with Crippen LogP contribution in [0.3, 0.4) is 0 Å².